The smallest absolute Gasteiger partial charge is 0.169 e. The van der Waals surface area contributed by atoms with Crippen molar-refractivity contribution in [2.75, 3.05) is 67.3 Å². The highest BCUT2D eigenvalue weighted by atomic mass is 33.1. The molecule has 46 heavy (non-hydrogen) atoms. The first-order valence-corrected chi connectivity index (χ1v) is 17.3. The first kappa shape index (κ1) is 34.7. The van der Waals surface area contributed by atoms with Crippen LogP contribution in [0.1, 0.15) is 16.7 Å². The molecule has 0 saturated heterocycles. The number of hydrogen-bond acceptors (Lipinski definition) is 9. The highest BCUT2D eigenvalue weighted by Crippen LogP contribution is 2.36. The van der Waals surface area contributed by atoms with Gasteiger partial charge in [-0.25, -0.2) is 4.57 Å². The summed E-state index contributed by atoms with van der Waals surface area (Å²) >= 11 is 0. The second-order valence-corrected chi connectivity index (χ2v) is 12.8. The van der Waals surface area contributed by atoms with Crippen LogP contribution < -0.4 is 33.0 Å². The third-order valence-electron chi connectivity index (χ3n) is 7.33. The summed E-state index contributed by atoms with van der Waals surface area (Å²) in [6.45, 7) is 2.83. The van der Waals surface area contributed by atoms with Crippen LogP contribution in [0.25, 0.3) is 18.2 Å². The van der Waals surface area contributed by atoms with Crippen molar-refractivity contribution in [1.82, 2.24) is 4.90 Å². The normalized spacial score (nSPS) is 12.8. The molecule has 0 spiro atoms. The van der Waals surface area contributed by atoms with E-state index in [9.17, 15) is 0 Å². The lowest BCUT2D eigenvalue weighted by molar-refractivity contribution is -0.692. The molecule has 1 aliphatic rings. The van der Waals surface area contributed by atoms with Gasteiger partial charge in [0.1, 0.15) is 34.5 Å². The highest BCUT2D eigenvalue weighted by molar-refractivity contribution is 8.76. The van der Waals surface area contributed by atoms with Gasteiger partial charge in [0.25, 0.3) is 0 Å². The summed E-state index contributed by atoms with van der Waals surface area (Å²) in [7, 11) is 13.7. The third kappa shape index (κ3) is 9.67. The van der Waals surface area contributed by atoms with Gasteiger partial charge in [-0.1, -0.05) is 39.8 Å². The van der Waals surface area contributed by atoms with Crippen LogP contribution in [0.2, 0.25) is 0 Å². The van der Waals surface area contributed by atoms with Crippen molar-refractivity contribution >= 4 is 39.8 Å². The van der Waals surface area contributed by atoms with Gasteiger partial charge >= 0.3 is 0 Å². The van der Waals surface area contributed by atoms with Crippen LogP contribution in [0.4, 0.5) is 0 Å². The van der Waals surface area contributed by atoms with Crippen molar-refractivity contribution in [3.8, 4) is 34.5 Å². The third-order valence-corrected chi connectivity index (χ3v) is 9.69. The summed E-state index contributed by atoms with van der Waals surface area (Å²) in [5.41, 5.74) is 4.00. The molecule has 10 heteroatoms. The molecule has 0 atom stereocenters. The number of methoxy groups -OCH3 is 6. The van der Waals surface area contributed by atoms with Crippen molar-refractivity contribution in [1.29, 1.82) is 0 Å². The van der Waals surface area contributed by atoms with Crippen molar-refractivity contribution in [2.24, 2.45) is 0 Å². The summed E-state index contributed by atoms with van der Waals surface area (Å²) < 4.78 is 35.1. The van der Waals surface area contributed by atoms with Crippen LogP contribution in [0.3, 0.4) is 0 Å². The molecule has 0 N–H and O–H groups in total. The Morgan fingerprint density at radius 1 is 0.674 bits per heavy atom. The van der Waals surface area contributed by atoms with Gasteiger partial charge in [0.2, 0.25) is 0 Å². The minimum Gasteiger partial charge on any atom is -0.496 e. The second kappa shape index (κ2) is 18.1. The van der Waals surface area contributed by atoms with Crippen molar-refractivity contribution in [3.63, 3.8) is 0 Å². The van der Waals surface area contributed by atoms with Crippen LogP contribution >= 0.6 is 21.6 Å². The molecule has 0 amide bonds. The standard InChI is InChI=1S/C36H43N2O6S2/c1-39-29-23-33(41-3)31(34(24-29)42-4)9-7-27-11-15-37(16-12-27)19-21-45-46-22-20-38-17-13-28(14-18-38)8-10-32-35(43-5)25-30(40-2)26-36(32)44-6/h7-17,23-26H,18-22H2,1-6H3/q+1. The van der Waals surface area contributed by atoms with E-state index in [4.69, 9.17) is 28.4 Å². The first-order chi connectivity index (χ1) is 22.5. The number of aryl methyl sites for hydroxylation is 1. The summed E-state index contributed by atoms with van der Waals surface area (Å²) in [6.07, 6.45) is 18.9. The van der Waals surface area contributed by atoms with Gasteiger partial charge in [-0.15, -0.1) is 0 Å². The molecule has 0 radical (unpaired) electrons. The van der Waals surface area contributed by atoms with E-state index in [-0.39, 0.29) is 0 Å². The molecule has 3 aromatic rings. The van der Waals surface area contributed by atoms with Crippen LogP contribution in [0, 0.1) is 0 Å². The van der Waals surface area contributed by atoms with Gasteiger partial charge in [0, 0.05) is 55.2 Å². The topological polar surface area (TPSA) is 62.5 Å². The van der Waals surface area contributed by atoms with E-state index >= 15 is 0 Å². The predicted octanol–water partition coefficient (Wildman–Crippen LogP) is 7.05. The number of hydrogen-bond donors (Lipinski definition) is 0. The fourth-order valence-electron chi connectivity index (χ4n) is 4.73. The van der Waals surface area contributed by atoms with Gasteiger partial charge in [-0.05, 0) is 35.6 Å². The molecule has 1 aliphatic heterocycles. The Hall–Kier alpha value is -4.15. The Balaban J connectivity index is 1.17. The van der Waals surface area contributed by atoms with Gasteiger partial charge in [-0.2, -0.15) is 0 Å². The number of allylic oxidation sites excluding steroid dienone is 3. The summed E-state index contributed by atoms with van der Waals surface area (Å²) in [6, 6.07) is 11.7. The Labute approximate surface area is 280 Å². The van der Waals surface area contributed by atoms with Crippen LogP contribution in [-0.2, 0) is 6.54 Å². The minimum atomic E-state index is 0.690. The van der Waals surface area contributed by atoms with E-state index in [1.54, 1.807) is 42.7 Å². The van der Waals surface area contributed by atoms with E-state index in [1.165, 1.54) is 0 Å². The molecule has 0 saturated carbocycles. The monoisotopic (exact) mass is 663 g/mol. The number of ether oxygens (including phenoxy) is 6. The molecular formula is C36H43N2O6S2+. The Morgan fingerprint density at radius 2 is 1.20 bits per heavy atom. The average Bonchev–Trinajstić information content (AvgIpc) is 3.11. The summed E-state index contributed by atoms with van der Waals surface area (Å²) in [5, 5.41) is 0. The molecule has 0 bridgehead atoms. The van der Waals surface area contributed by atoms with E-state index < -0.39 is 0 Å². The lowest BCUT2D eigenvalue weighted by atomic mass is 10.1. The lowest BCUT2D eigenvalue weighted by Crippen LogP contribution is -2.33. The molecule has 244 valence electrons. The summed E-state index contributed by atoms with van der Waals surface area (Å²) in [4.78, 5) is 2.33. The molecule has 4 rings (SSSR count). The molecule has 0 unspecified atom stereocenters. The fraction of sp³-hybridized carbons (Fsp3) is 0.306. The van der Waals surface area contributed by atoms with Gasteiger partial charge in [-0.3, -0.25) is 0 Å². The quantitative estimate of drug-likeness (QED) is 0.0860. The zero-order valence-electron chi connectivity index (χ0n) is 27.4. The number of nitrogens with zero attached hydrogens (tertiary/aromatic N) is 2. The molecule has 8 nitrogen and oxygen atoms in total. The maximum absolute atomic E-state index is 5.56. The highest BCUT2D eigenvalue weighted by Gasteiger charge is 2.12. The van der Waals surface area contributed by atoms with E-state index in [0.717, 1.165) is 53.4 Å². The fourth-order valence-corrected chi connectivity index (χ4v) is 6.71. The number of aromatic nitrogens is 1. The largest absolute Gasteiger partial charge is 0.496 e. The molecule has 1 aromatic heterocycles. The van der Waals surface area contributed by atoms with Gasteiger partial charge in [0.15, 0.2) is 18.9 Å². The summed E-state index contributed by atoms with van der Waals surface area (Å²) in [5.74, 6) is 6.29. The van der Waals surface area contributed by atoms with Gasteiger partial charge in [0.05, 0.1) is 59.5 Å². The maximum atomic E-state index is 5.56. The molecule has 0 aliphatic carbocycles. The van der Waals surface area contributed by atoms with Crippen molar-refractivity contribution in [2.45, 2.75) is 6.54 Å². The van der Waals surface area contributed by atoms with E-state index in [1.807, 2.05) is 58.0 Å². The van der Waals surface area contributed by atoms with Gasteiger partial charge < -0.3 is 33.3 Å². The van der Waals surface area contributed by atoms with E-state index in [2.05, 4.69) is 64.5 Å². The van der Waals surface area contributed by atoms with Crippen molar-refractivity contribution < 1.29 is 33.0 Å². The molecular weight excluding hydrogens is 621 g/mol. The Bertz CT molecular complexity index is 1500. The molecule has 0 fully saturated rings. The SMILES string of the molecule is COc1cc(OC)c(C=CC2=CCN(CCSSCC[n+]3ccc(C=Cc4c(OC)cc(OC)cc4OC)cc3)C=C2)c(OC)c1. The molecule has 2 aromatic carbocycles. The lowest BCUT2D eigenvalue weighted by Gasteiger charge is -2.21. The van der Waals surface area contributed by atoms with Crippen LogP contribution in [0.5, 0.6) is 34.5 Å². The number of rotatable bonds is 17. The van der Waals surface area contributed by atoms with Crippen LogP contribution in [0.15, 0.2) is 78.8 Å². The zero-order chi connectivity index (χ0) is 32.7. The Morgan fingerprint density at radius 3 is 1.67 bits per heavy atom. The minimum absolute atomic E-state index is 0.690. The first-order valence-electron chi connectivity index (χ1n) is 14.8. The average molecular weight is 664 g/mol. The number of pyridine rings is 1. The maximum Gasteiger partial charge on any atom is 0.169 e. The van der Waals surface area contributed by atoms with Crippen LogP contribution in [-0.4, -0.2) is 72.2 Å². The molecule has 2 heterocycles. The zero-order valence-corrected chi connectivity index (χ0v) is 29.0. The predicted molar refractivity (Wildman–Crippen MR) is 191 cm³/mol. The number of benzene rings is 2. The Kier molecular flexibility index (Phi) is 13.7. The second-order valence-electron chi connectivity index (χ2n) is 10.1. The van der Waals surface area contributed by atoms with E-state index in [0.29, 0.717) is 34.5 Å². The van der Waals surface area contributed by atoms with Crippen molar-refractivity contribution in [3.05, 3.63) is 95.5 Å².